The lowest BCUT2D eigenvalue weighted by atomic mass is 9.96. The van der Waals surface area contributed by atoms with E-state index in [-0.39, 0.29) is 0 Å². The van der Waals surface area contributed by atoms with Crippen LogP contribution in [0.2, 0.25) is 0 Å². The van der Waals surface area contributed by atoms with Crippen LogP contribution in [0.5, 0.6) is 0 Å². The van der Waals surface area contributed by atoms with Gasteiger partial charge in [-0.3, -0.25) is 4.79 Å². The molecule has 3 nitrogen and oxygen atoms in total. The van der Waals surface area contributed by atoms with Crippen LogP contribution in [0.25, 0.3) is 11.3 Å². The molecule has 19 heavy (non-hydrogen) atoms. The topological polar surface area (TPSA) is 42.0 Å². The van der Waals surface area contributed by atoms with Crippen LogP contribution in [-0.2, 0) is 11.2 Å². The highest BCUT2D eigenvalue weighted by Crippen LogP contribution is 2.22. The molecule has 0 bridgehead atoms. The Morgan fingerprint density at radius 2 is 2.11 bits per heavy atom. The van der Waals surface area contributed by atoms with Gasteiger partial charge in [-0.2, -0.15) is 0 Å². The first-order valence-electron chi connectivity index (χ1n) is 6.53. The van der Waals surface area contributed by atoms with Crippen molar-refractivity contribution in [2.75, 3.05) is 13.1 Å². The van der Waals surface area contributed by atoms with Gasteiger partial charge in [0.25, 0.3) is 0 Å². The molecule has 3 rings (SSSR count). The van der Waals surface area contributed by atoms with Crippen LogP contribution in [0, 0.1) is 5.92 Å². The second-order valence-corrected chi connectivity index (χ2v) is 5.88. The van der Waals surface area contributed by atoms with Crippen molar-refractivity contribution in [3.8, 4) is 11.3 Å². The van der Waals surface area contributed by atoms with Crippen LogP contribution in [0.15, 0.2) is 35.7 Å². The maximum absolute atomic E-state index is 11.9. The Bertz CT molecular complexity index is 561. The van der Waals surface area contributed by atoms with Gasteiger partial charge < -0.3 is 5.32 Å². The lowest BCUT2D eigenvalue weighted by Gasteiger charge is -2.26. The van der Waals surface area contributed by atoms with Crippen molar-refractivity contribution >= 4 is 17.1 Å². The first-order chi connectivity index (χ1) is 9.31. The molecule has 1 aliphatic heterocycles. The van der Waals surface area contributed by atoms with Crippen molar-refractivity contribution in [1.29, 1.82) is 0 Å². The highest BCUT2D eigenvalue weighted by molar-refractivity contribution is 7.10. The smallest absolute Gasteiger partial charge is 0.140 e. The molecular formula is C15H16N2OS. The van der Waals surface area contributed by atoms with Crippen LogP contribution in [0.4, 0.5) is 0 Å². The van der Waals surface area contributed by atoms with Crippen LogP contribution in [-0.4, -0.2) is 23.9 Å². The molecule has 0 unspecified atom stereocenters. The zero-order valence-corrected chi connectivity index (χ0v) is 11.5. The Hall–Kier alpha value is -1.52. The van der Waals surface area contributed by atoms with Gasteiger partial charge in [-0.25, -0.2) is 4.98 Å². The number of thiazole rings is 1. The molecule has 2 heterocycles. The van der Waals surface area contributed by atoms with Gasteiger partial charge in [0.1, 0.15) is 10.8 Å². The lowest BCUT2D eigenvalue weighted by Crippen LogP contribution is -2.43. The van der Waals surface area contributed by atoms with E-state index in [1.165, 1.54) is 0 Å². The number of ketones is 1. The van der Waals surface area contributed by atoms with E-state index in [4.69, 9.17) is 0 Å². The second-order valence-electron chi connectivity index (χ2n) is 4.94. The average Bonchev–Trinajstić information content (AvgIpc) is 2.83. The number of nitrogens with one attached hydrogen (secondary N) is 1. The maximum Gasteiger partial charge on any atom is 0.140 e. The number of nitrogens with zero attached hydrogens (tertiary/aromatic N) is 1. The highest BCUT2D eigenvalue weighted by Gasteiger charge is 2.20. The first kappa shape index (κ1) is 12.5. The fraction of sp³-hybridized carbons (Fsp3) is 0.333. The third-order valence-corrected chi connectivity index (χ3v) is 4.20. The molecule has 0 aliphatic carbocycles. The molecule has 4 heteroatoms. The molecule has 0 amide bonds. The van der Waals surface area contributed by atoms with E-state index >= 15 is 0 Å². The molecule has 1 aromatic heterocycles. The van der Waals surface area contributed by atoms with Crippen LogP contribution in [0.1, 0.15) is 11.4 Å². The molecule has 0 spiro atoms. The number of Topliss-reactive ketones (excluding diaryl/α,β-unsaturated/α-hetero) is 1. The number of rotatable bonds is 5. The van der Waals surface area contributed by atoms with Crippen LogP contribution in [0.3, 0.4) is 0 Å². The van der Waals surface area contributed by atoms with E-state index < -0.39 is 0 Å². The van der Waals surface area contributed by atoms with Crippen LogP contribution < -0.4 is 5.32 Å². The summed E-state index contributed by atoms with van der Waals surface area (Å²) in [6.45, 7) is 1.97. The molecule has 1 aromatic carbocycles. The summed E-state index contributed by atoms with van der Waals surface area (Å²) >= 11 is 1.58. The molecule has 0 saturated carbocycles. The van der Waals surface area contributed by atoms with Gasteiger partial charge in [-0.05, 0) is 19.0 Å². The zero-order valence-electron chi connectivity index (χ0n) is 10.6. The van der Waals surface area contributed by atoms with Crippen molar-refractivity contribution in [1.82, 2.24) is 10.3 Å². The quantitative estimate of drug-likeness (QED) is 0.909. The van der Waals surface area contributed by atoms with Crippen molar-refractivity contribution in [3.05, 3.63) is 40.7 Å². The van der Waals surface area contributed by atoms with Gasteiger partial charge in [0, 0.05) is 17.4 Å². The number of benzene rings is 1. The molecule has 0 radical (unpaired) electrons. The van der Waals surface area contributed by atoms with E-state index in [0.29, 0.717) is 24.5 Å². The fourth-order valence-electron chi connectivity index (χ4n) is 2.19. The zero-order chi connectivity index (χ0) is 13.1. The Morgan fingerprint density at radius 3 is 2.79 bits per heavy atom. The van der Waals surface area contributed by atoms with Gasteiger partial charge in [-0.1, -0.05) is 30.3 Å². The number of carbonyl (C=O) groups is 1. The summed E-state index contributed by atoms with van der Waals surface area (Å²) in [4.78, 5) is 16.5. The molecule has 0 atom stereocenters. The highest BCUT2D eigenvalue weighted by atomic mass is 32.1. The van der Waals surface area contributed by atoms with Crippen molar-refractivity contribution in [2.24, 2.45) is 5.92 Å². The van der Waals surface area contributed by atoms with E-state index in [9.17, 15) is 4.79 Å². The van der Waals surface area contributed by atoms with Gasteiger partial charge in [0.05, 0.1) is 12.1 Å². The minimum Gasteiger partial charge on any atom is -0.316 e. The second kappa shape index (κ2) is 5.63. The van der Waals surface area contributed by atoms with E-state index in [1.807, 2.05) is 35.7 Å². The van der Waals surface area contributed by atoms with Crippen molar-refractivity contribution in [3.63, 3.8) is 0 Å². The summed E-state index contributed by atoms with van der Waals surface area (Å²) in [6.07, 6.45) is 1.17. The molecule has 98 valence electrons. The lowest BCUT2D eigenvalue weighted by molar-refractivity contribution is -0.119. The Labute approximate surface area is 116 Å². The van der Waals surface area contributed by atoms with Gasteiger partial charge in [0.2, 0.25) is 0 Å². The third-order valence-electron chi connectivity index (χ3n) is 3.35. The summed E-state index contributed by atoms with van der Waals surface area (Å²) in [7, 11) is 0. The minimum absolute atomic E-state index is 0.306. The van der Waals surface area contributed by atoms with E-state index in [2.05, 4.69) is 10.3 Å². The molecule has 2 aromatic rings. The summed E-state index contributed by atoms with van der Waals surface area (Å²) in [6, 6.07) is 10.1. The third kappa shape index (κ3) is 3.08. The molecule has 1 fully saturated rings. The number of aromatic nitrogens is 1. The van der Waals surface area contributed by atoms with Gasteiger partial charge >= 0.3 is 0 Å². The predicted octanol–water partition coefficient (Wildman–Crippen LogP) is 2.53. The molecular weight excluding hydrogens is 256 g/mol. The number of carbonyl (C=O) groups excluding carboxylic acids is 1. The number of hydrogen-bond acceptors (Lipinski definition) is 4. The minimum atomic E-state index is 0.306. The van der Waals surface area contributed by atoms with Crippen molar-refractivity contribution in [2.45, 2.75) is 12.8 Å². The molecule has 1 aliphatic rings. The van der Waals surface area contributed by atoms with E-state index in [1.54, 1.807) is 11.3 Å². The fourth-order valence-corrected chi connectivity index (χ4v) is 3.02. The number of hydrogen-bond donors (Lipinski definition) is 1. The monoisotopic (exact) mass is 272 g/mol. The van der Waals surface area contributed by atoms with Crippen molar-refractivity contribution < 1.29 is 4.79 Å². The summed E-state index contributed by atoms with van der Waals surface area (Å²) in [5, 5.41) is 6.15. The first-order valence-corrected chi connectivity index (χ1v) is 7.41. The standard InChI is InChI=1S/C15H16N2OS/c18-13(6-11-8-16-9-11)7-15-17-14(10-19-15)12-4-2-1-3-5-12/h1-5,10-11,16H,6-9H2. The largest absolute Gasteiger partial charge is 0.316 e. The summed E-state index contributed by atoms with van der Waals surface area (Å²) in [5.41, 5.74) is 2.08. The maximum atomic E-state index is 11.9. The van der Waals surface area contributed by atoms with E-state index in [0.717, 1.165) is 29.4 Å². The average molecular weight is 272 g/mol. The SMILES string of the molecule is O=C(Cc1nc(-c2ccccc2)cs1)CC1CNC1. The normalized spacial score (nSPS) is 15.2. The Kier molecular flexibility index (Phi) is 3.71. The predicted molar refractivity (Wildman–Crippen MR) is 77.2 cm³/mol. The molecule has 1 saturated heterocycles. The Morgan fingerprint density at radius 1 is 1.32 bits per heavy atom. The summed E-state index contributed by atoms with van der Waals surface area (Å²) in [5.74, 6) is 0.849. The van der Waals surface area contributed by atoms with Gasteiger partial charge in [0.15, 0.2) is 0 Å². The van der Waals surface area contributed by atoms with Gasteiger partial charge in [-0.15, -0.1) is 11.3 Å². The Balaban J connectivity index is 1.63. The van der Waals surface area contributed by atoms with Crippen LogP contribution >= 0.6 is 11.3 Å². The molecule has 1 N–H and O–H groups in total. The summed E-state index contributed by atoms with van der Waals surface area (Å²) < 4.78 is 0.